The fraction of sp³-hybridized carbons (Fsp3) is 0.846. The van der Waals surface area contributed by atoms with Gasteiger partial charge in [0.2, 0.25) is 0 Å². The van der Waals surface area contributed by atoms with Crippen LogP contribution in [0.2, 0.25) is 0 Å². The van der Waals surface area contributed by atoms with Gasteiger partial charge in [0.1, 0.15) is 0 Å². The molecule has 0 aromatic carbocycles. The Kier molecular flexibility index (Phi) is 2.81. The largest absolute Gasteiger partial charge is 0.481 e. The number of rotatable bonds is 3. The number of halogens is 1. The third-order valence-corrected chi connectivity index (χ3v) is 4.81. The van der Waals surface area contributed by atoms with E-state index in [-0.39, 0.29) is 24.2 Å². The molecule has 6 heteroatoms. The number of carboxylic acid groups (broad SMARTS) is 1. The van der Waals surface area contributed by atoms with Gasteiger partial charge in [-0.2, -0.15) is 0 Å². The van der Waals surface area contributed by atoms with Gasteiger partial charge in [-0.15, -0.1) is 0 Å². The Balaban J connectivity index is 1.66. The minimum Gasteiger partial charge on any atom is -0.481 e. The lowest BCUT2D eigenvalue weighted by Crippen LogP contribution is -2.49. The first-order chi connectivity index (χ1) is 8.91. The van der Waals surface area contributed by atoms with Gasteiger partial charge in [0.25, 0.3) is 5.91 Å². The molecule has 0 aromatic rings. The van der Waals surface area contributed by atoms with Crippen LogP contribution >= 0.6 is 0 Å². The Morgan fingerprint density at radius 2 is 2.26 bits per heavy atom. The second kappa shape index (κ2) is 4.16. The summed E-state index contributed by atoms with van der Waals surface area (Å²) in [6, 6.07) is 0. The summed E-state index contributed by atoms with van der Waals surface area (Å²) < 4.78 is 14.8. The molecule has 2 aliphatic heterocycles. The van der Waals surface area contributed by atoms with E-state index in [4.69, 9.17) is 5.11 Å². The highest BCUT2D eigenvalue weighted by Gasteiger charge is 2.58. The molecular formula is C13H19FN2O3. The average Bonchev–Trinajstić information content (AvgIpc) is 3.07. The summed E-state index contributed by atoms with van der Waals surface area (Å²) in [4.78, 5) is 26.6. The number of carboxylic acids is 1. The quantitative estimate of drug-likeness (QED) is 0.796. The zero-order valence-corrected chi connectivity index (χ0v) is 11.0. The monoisotopic (exact) mass is 270 g/mol. The maximum absolute atomic E-state index is 14.8. The maximum atomic E-state index is 14.8. The lowest BCUT2D eigenvalue weighted by atomic mass is 9.85. The molecule has 1 amide bonds. The van der Waals surface area contributed by atoms with Crippen LogP contribution in [0.15, 0.2) is 0 Å². The molecule has 0 bridgehead atoms. The fourth-order valence-corrected chi connectivity index (χ4v) is 3.46. The molecule has 1 aliphatic carbocycles. The van der Waals surface area contributed by atoms with Crippen molar-refractivity contribution in [2.45, 2.75) is 18.5 Å². The van der Waals surface area contributed by atoms with Gasteiger partial charge < -0.3 is 14.9 Å². The number of carbonyl (C=O) groups is 2. The Hall–Kier alpha value is -1.17. The first-order valence-electron chi connectivity index (χ1n) is 6.81. The van der Waals surface area contributed by atoms with Crippen molar-refractivity contribution in [2.75, 3.05) is 33.2 Å². The molecule has 3 rings (SSSR count). The molecule has 106 valence electrons. The summed E-state index contributed by atoms with van der Waals surface area (Å²) in [6.45, 7) is 2.05. The Labute approximate surface area is 111 Å². The summed E-state index contributed by atoms with van der Waals surface area (Å²) in [7, 11) is 1.94. The number of hydrogen-bond donors (Lipinski definition) is 1. The molecule has 5 nitrogen and oxygen atoms in total. The maximum Gasteiger partial charge on any atom is 0.306 e. The van der Waals surface area contributed by atoms with E-state index in [0.29, 0.717) is 32.6 Å². The van der Waals surface area contributed by atoms with Gasteiger partial charge in [-0.25, -0.2) is 4.39 Å². The molecule has 1 saturated carbocycles. The van der Waals surface area contributed by atoms with E-state index in [1.807, 2.05) is 7.05 Å². The number of fused-ring (bicyclic) bond motifs is 1. The minimum atomic E-state index is -1.71. The van der Waals surface area contributed by atoms with Gasteiger partial charge in [-0.1, -0.05) is 0 Å². The van der Waals surface area contributed by atoms with E-state index in [2.05, 4.69) is 4.90 Å². The van der Waals surface area contributed by atoms with Crippen LogP contribution in [-0.4, -0.2) is 65.7 Å². The van der Waals surface area contributed by atoms with Crippen molar-refractivity contribution in [3.05, 3.63) is 0 Å². The van der Waals surface area contributed by atoms with Crippen molar-refractivity contribution in [3.8, 4) is 0 Å². The van der Waals surface area contributed by atoms with Crippen LogP contribution in [0.3, 0.4) is 0 Å². The second-order valence-electron chi connectivity index (χ2n) is 6.22. The Bertz CT molecular complexity index is 430. The molecule has 0 spiro atoms. The van der Waals surface area contributed by atoms with Gasteiger partial charge in [0.05, 0.1) is 5.92 Å². The van der Waals surface area contributed by atoms with Gasteiger partial charge >= 0.3 is 5.97 Å². The van der Waals surface area contributed by atoms with E-state index in [1.54, 1.807) is 4.90 Å². The third kappa shape index (κ3) is 2.02. The lowest BCUT2D eigenvalue weighted by molar-refractivity contribution is -0.142. The van der Waals surface area contributed by atoms with Crippen molar-refractivity contribution in [3.63, 3.8) is 0 Å². The van der Waals surface area contributed by atoms with E-state index >= 15 is 0 Å². The van der Waals surface area contributed by atoms with E-state index < -0.39 is 17.5 Å². The van der Waals surface area contributed by atoms with E-state index in [0.717, 1.165) is 0 Å². The number of aliphatic carboxylic acids is 1. The third-order valence-electron chi connectivity index (χ3n) is 4.81. The summed E-state index contributed by atoms with van der Waals surface area (Å²) >= 11 is 0. The highest BCUT2D eigenvalue weighted by Crippen LogP contribution is 2.44. The van der Waals surface area contributed by atoms with Crippen molar-refractivity contribution >= 4 is 11.9 Å². The molecule has 1 N–H and O–H groups in total. The zero-order valence-electron chi connectivity index (χ0n) is 11.0. The van der Waals surface area contributed by atoms with Crippen LogP contribution in [0.5, 0.6) is 0 Å². The van der Waals surface area contributed by atoms with Crippen LogP contribution in [-0.2, 0) is 9.59 Å². The van der Waals surface area contributed by atoms with Crippen molar-refractivity contribution in [2.24, 2.45) is 17.8 Å². The molecule has 3 aliphatic rings. The van der Waals surface area contributed by atoms with Crippen LogP contribution < -0.4 is 0 Å². The fourth-order valence-electron chi connectivity index (χ4n) is 3.46. The second-order valence-corrected chi connectivity index (χ2v) is 6.22. The molecule has 2 saturated heterocycles. The topological polar surface area (TPSA) is 60.9 Å². The van der Waals surface area contributed by atoms with Crippen LogP contribution in [0.1, 0.15) is 12.8 Å². The van der Waals surface area contributed by atoms with Crippen LogP contribution in [0.4, 0.5) is 4.39 Å². The highest BCUT2D eigenvalue weighted by atomic mass is 19.1. The number of carbonyl (C=O) groups excluding carboxylic acids is 1. The molecular weight excluding hydrogens is 251 g/mol. The predicted octanol–water partition coefficient (Wildman–Crippen LogP) is 0.209. The Morgan fingerprint density at radius 1 is 1.53 bits per heavy atom. The van der Waals surface area contributed by atoms with Crippen molar-refractivity contribution in [1.29, 1.82) is 0 Å². The lowest BCUT2D eigenvalue weighted by Gasteiger charge is -2.34. The average molecular weight is 270 g/mol. The van der Waals surface area contributed by atoms with Gasteiger partial charge in [0, 0.05) is 38.5 Å². The van der Waals surface area contributed by atoms with E-state index in [9.17, 15) is 14.0 Å². The molecule has 3 fully saturated rings. The Morgan fingerprint density at radius 3 is 2.89 bits per heavy atom. The summed E-state index contributed by atoms with van der Waals surface area (Å²) in [6.07, 6.45) is 0.874. The molecule has 0 radical (unpaired) electrons. The normalized spacial score (nSPS) is 42.3. The number of amides is 1. The predicted molar refractivity (Wildman–Crippen MR) is 65.3 cm³/mol. The number of nitrogens with zero attached hydrogens (tertiary/aromatic N) is 2. The first-order valence-corrected chi connectivity index (χ1v) is 6.81. The standard InChI is InChI=1S/C13H19FN2O3/c1-15-3-2-13(14)9(6-15)7-16(12(13)19)5-8-4-10(8)11(17)18/h8-10H,2-7H2,1H3,(H,17,18)/t8?,9-,10?,13+/m0/s1. The molecule has 19 heavy (non-hydrogen) atoms. The summed E-state index contributed by atoms with van der Waals surface area (Å²) in [5, 5.41) is 8.87. The van der Waals surface area contributed by atoms with Gasteiger partial charge in [0.15, 0.2) is 5.67 Å². The summed E-state index contributed by atoms with van der Waals surface area (Å²) in [5.41, 5.74) is -1.71. The molecule has 2 heterocycles. The minimum absolute atomic E-state index is 0.0166. The number of hydrogen-bond acceptors (Lipinski definition) is 3. The zero-order chi connectivity index (χ0) is 13.8. The number of alkyl halides is 1. The van der Waals surface area contributed by atoms with Gasteiger partial charge in [-0.05, 0) is 19.4 Å². The number of likely N-dealkylation sites (tertiary alicyclic amines) is 2. The van der Waals surface area contributed by atoms with Gasteiger partial charge in [-0.3, -0.25) is 9.59 Å². The van der Waals surface area contributed by atoms with Crippen molar-refractivity contribution < 1.29 is 19.1 Å². The molecule has 0 aromatic heterocycles. The highest BCUT2D eigenvalue weighted by molar-refractivity contribution is 5.88. The smallest absolute Gasteiger partial charge is 0.306 e. The SMILES string of the molecule is CN1CC[C@]2(F)C(=O)N(CC3CC3C(=O)O)C[C@@H]2C1. The molecule has 4 atom stereocenters. The van der Waals surface area contributed by atoms with Crippen molar-refractivity contribution in [1.82, 2.24) is 9.80 Å². The van der Waals surface area contributed by atoms with E-state index in [1.165, 1.54) is 0 Å². The number of piperidine rings is 1. The molecule has 2 unspecified atom stereocenters. The van der Waals surface area contributed by atoms with Crippen LogP contribution in [0, 0.1) is 17.8 Å². The summed E-state index contributed by atoms with van der Waals surface area (Å²) in [5.74, 6) is -1.80. The van der Waals surface area contributed by atoms with Crippen LogP contribution in [0.25, 0.3) is 0 Å². The first kappa shape index (κ1) is 12.8.